The van der Waals surface area contributed by atoms with E-state index in [1.54, 1.807) is 7.11 Å². The van der Waals surface area contributed by atoms with E-state index in [9.17, 15) is 4.79 Å². The maximum Gasteiger partial charge on any atom is 0.224 e. The number of carbonyl (C=O) groups excluding carboxylic acids is 1. The quantitative estimate of drug-likeness (QED) is 0.810. The Balaban J connectivity index is 1.95. The van der Waals surface area contributed by atoms with E-state index in [2.05, 4.69) is 25.3 Å². The largest absolute Gasteiger partial charge is 0.497 e. The molecule has 2 heterocycles. The van der Waals surface area contributed by atoms with Crippen LogP contribution in [0.2, 0.25) is 0 Å². The lowest BCUT2D eigenvalue weighted by Crippen LogP contribution is -2.29. The third-order valence-corrected chi connectivity index (χ3v) is 4.80. The normalized spacial score (nSPS) is 18.1. The minimum absolute atomic E-state index is 0.257. The number of likely N-dealkylation sites (tertiary alicyclic amines) is 1. The third kappa shape index (κ3) is 3.12. The Kier molecular flexibility index (Phi) is 4.78. The molecule has 1 unspecified atom stereocenters. The molecule has 0 N–H and O–H groups in total. The van der Waals surface area contributed by atoms with Crippen molar-refractivity contribution in [2.45, 2.75) is 52.6 Å². The van der Waals surface area contributed by atoms with Gasteiger partial charge in [0.2, 0.25) is 5.91 Å². The van der Waals surface area contributed by atoms with Gasteiger partial charge in [-0.1, -0.05) is 27.2 Å². The molecule has 0 spiro atoms. The highest BCUT2D eigenvalue weighted by atomic mass is 16.5. The Morgan fingerprint density at radius 3 is 2.83 bits per heavy atom. The molecule has 24 heavy (non-hydrogen) atoms. The van der Waals surface area contributed by atoms with Crippen molar-refractivity contribution in [2.75, 3.05) is 13.7 Å². The summed E-state index contributed by atoms with van der Waals surface area (Å²) in [4.78, 5) is 19.2. The molecule has 3 rings (SSSR count). The lowest BCUT2D eigenvalue weighted by molar-refractivity contribution is -0.129. The van der Waals surface area contributed by atoms with Gasteiger partial charge in [-0.25, -0.2) is 4.98 Å². The molecule has 1 aliphatic rings. The number of amides is 1. The summed E-state index contributed by atoms with van der Waals surface area (Å²) in [5.74, 6) is 2.88. The van der Waals surface area contributed by atoms with E-state index in [-0.39, 0.29) is 5.91 Å². The molecule has 5 heteroatoms. The van der Waals surface area contributed by atoms with Gasteiger partial charge in [0.25, 0.3) is 0 Å². The molecule has 1 atom stereocenters. The summed E-state index contributed by atoms with van der Waals surface area (Å²) >= 11 is 0. The second-order valence-corrected chi connectivity index (χ2v) is 7.02. The Bertz CT molecular complexity index is 736. The van der Waals surface area contributed by atoms with E-state index in [1.165, 1.54) is 0 Å². The zero-order chi connectivity index (χ0) is 17.3. The number of hydrogen-bond acceptors (Lipinski definition) is 3. The number of ether oxygens (including phenoxy) is 1. The molecular formula is C19H27N3O2. The molecule has 0 aliphatic carbocycles. The van der Waals surface area contributed by atoms with Crippen LogP contribution >= 0.6 is 0 Å². The van der Waals surface area contributed by atoms with Crippen LogP contribution in [-0.4, -0.2) is 34.0 Å². The summed E-state index contributed by atoms with van der Waals surface area (Å²) in [5.41, 5.74) is 1.99. The monoisotopic (exact) mass is 329 g/mol. The minimum atomic E-state index is 0.257. The van der Waals surface area contributed by atoms with Crippen molar-refractivity contribution in [3.05, 3.63) is 24.0 Å². The average molecular weight is 329 g/mol. The van der Waals surface area contributed by atoms with Gasteiger partial charge in [-0.05, 0) is 24.5 Å². The number of methoxy groups -OCH3 is 1. The van der Waals surface area contributed by atoms with Crippen LogP contribution in [0.1, 0.15) is 51.8 Å². The first kappa shape index (κ1) is 16.8. The highest BCUT2D eigenvalue weighted by Crippen LogP contribution is 2.28. The summed E-state index contributed by atoms with van der Waals surface area (Å²) in [6.07, 6.45) is 2.94. The van der Waals surface area contributed by atoms with Crippen molar-refractivity contribution in [1.82, 2.24) is 14.5 Å². The van der Waals surface area contributed by atoms with Crippen molar-refractivity contribution in [2.24, 2.45) is 5.92 Å². The van der Waals surface area contributed by atoms with Crippen molar-refractivity contribution in [1.29, 1.82) is 0 Å². The number of carbonyl (C=O) groups is 1. The lowest BCUT2D eigenvalue weighted by atomic mass is 10.0. The molecule has 0 saturated carbocycles. The van der Waals surface area contributed by atoms with Gasteiger partial charge in [0.1, 0.15) is 11.6 Å². The molecule has 0 radical (unpaired) electrons. The summed E-state index contributed by atoms with van der Waals surface area (Å²) in [7, 11) is 1.67. The standard InChI is InChI=1S/C19H27N3O2/c1-5-6-14-9-18(23)21(11-14)12-22-17-10-15(24-4)7-8-16(17)20-19(22)13(2)3/h7-8,10,13-14H,5-6,9,11-12H2,1-4H3. The number of nitrogens with zero attached hydrogens (tertiary/aromatic N) is 3. The first-order chi connectivity index (χ1) is 11.5. The minimum Gasteiger partial charge on any atom is -0.497 e. The fourth-order valence-electron chi connectivity index (χ4n) is 3.60. The van der Waals surface area contributed by atoms with Gasteiger partial charge in [-0.3, -0.25) is 4.79 Å². The van der Waals surface area contributed by atoms with E-state index in [4.69, 9.17) is 9.72 Å². The van der Waals surface area contributed by atoms with Crippen LogP contribution in [0, 0.1) is 5.92 Å². The van der Waals surface area contributed by atoms with Crippen molar-refractivity contribution < 1.29 is 9.53 Å². The average Bonchev–Trinajstić information content (AvgIpc) is 3.09. The van der Waals surface area contributed by atoms with Gasteiger partial charge in [0.15, 0.2) is 0 Å². The molecule has 1 fully saturated rings. The Hall–Kier alpha value is -2.04. The highest BCUT2D eigenvalue weighted by molar-refractivity contribution is 5.80. The second-order valence-electron chi connectivity index (χ2n) is 7.02. The zero-order valence-corrected chi connectivity index (χ0v) is 15.1. The van der Waals surface area contributed by atoms with E-state index in [1.807, 2.05) is 23.1 Å². The molecule has 1 saturated heterocycles. The molecule has 1 aromatic heterocycles. The predicted molar refractivity (Wildman–Crippen MR) is 95.1 cm³/mol. The Morgan fingerprint density at radius 1 is 1.38 bits per heavy atom. The molecule has 2 aromatic rings. The summed E-state index contributed by atoms with van der Waals surface area (Å²) < 4.78 is 7.54. The van der Waals surface area contributed by atoms with E-state index in [0.717, 1.165) is 42.0 Å². The molecule has 1 aromatic carbocycles. The SMILES string of the molecule is CCCC1CC(=O)N(Cn2c(C(C)C)nc3ccc(OC)cc32)C1. The lowest BCUT2D eigenvalue weighted by Gasteiger charge is -2.20. The number of hydrogen-bond donors (Lipinski definition) is 0. The first-order valence-electron chi connectivity index (χ1n) is 8.85. The first-order valence-corrected chi connectivity index (χ1v) is 8.85. The maximum atomic E-state index is 12.4. The van der Waals surface area contributed by atoms with E-state index < -0.39 is 0 Å². The van der Waals surface area contributed by atoms with Gasteiger partial charge >= 0.3 is 0 Å². The second kappa shape index (κ2) is 6.83. The highest BCUT2D eigenvalue weighted by Gasteiger charge is 2.30. The topological polar surface area (TPSA) is 47.4 Å². The number of imidazole rings is 1. The molecule has 1 amide bonds. The Labute approximate surface area is 143 Å². The summed E-state index contributed by atoms with van der Waals surface area (Å²) in [5, 5.41) is 0. The van der Waals surface area contributed by atoms with E-state index >= 15 is 0 Å². The van der Waals surface area contributed by atoms with Crippen LogP contribution in [0.15, 0.2) is 18.2 Å². The fourth-order valence-corrected chi connectivity index (χ4v) is 3.60. The third-order valence-electron chi connectivity index (χ3n) is 4.80. The van der Waals surface area contributed by atoms with Crippen LogP contribution in [0.25, 0.3) is 11.0 Å². The number of benzene rings is 1. The van der Waals surface area contributed by atoms with Gasteiger partial charge in [-0.15, -0.1) is 0 Å². The number of fused-ring (bicyclic) bond motifs is 1. The smallest absolute Gasteiger partial charge is 0.224 e. The van der Waals surface area contributed by atoms with Crippen LogP contribution in [0.5, 0.6) is 5.75 Å². The molecule has 0 bridgehead atoms. The van der Waals surface area contributed by atoms with E-state index in [0.29, 0.717) is 24.9 Å². The maximum absolute atomic E-state index is 12.4. The summed E-state index contributed by atoms with van der Waals surface area (Å²) in [6.45, 7) is 7.89. The van der Waals surface area contributed by atoms with Crippen molar-refractivity contribution in [3.63, 3.8) is 0 Å². The van der Waals surface area contributed by atoms with Crippen molar-refractivity contribution in [3.8, 4) is 5.75 Å². The van der Waals surface area contributed by atoms with Crippen LogP contribution < -0.4 is 4.74 Å². The van der Waals surface area contributed by atoms with Gasteiger partial charge in [-0.2, -0.15) is 0 Å². The number of rotatable bonds is 6. The van der Waals surface area contributed by atoms with Gasteiger partial charge in [0.05, 0.1) is 24.8 Å². The number of aromatic nitrogens is 2. The van der Waals surface area contributed by atoms with Crippen LogP contribution in [0.3, 0.4) is 0 Å². The zero-order valence-electron chi connectivity index (χ0n) is 15.1. The van der Waals surface area contributed by atoms with Gasteiger partial charge in [0, 0.05) is 24.9 Å². The molecule has 130 valence electrons. The van der Waals surface area contributed by atoms with Crippen LogP contribution in [-0.2, 0) is 11.5 Å². The van der Waals surface area contributed by atoms with Crippen LogP contribution in [0.4, 0.5) is 0 Å². The molecule has 5 nitrogen and oxygen atoms in total. The predicted octanol–water partition coefficient (Wildman–Crippen LogP) is 3.77. The van der Waals surface area contributed by atoms with Gasteiger partial charge < -0.3 is 14.2 Å². The summed E-state index contributed by atoms with van der Waals surface area (Å²) in [6, 6.07) is 5.93. The molecular weight excluding hydrogens is 302 g/mol. The molecule has 1 aliphatic heterocycles. The Morgan fingerprint density at radius 2 is 2.17 bits per heavy atom. The fraction of sp³-hybridized carbons (Fsp3) is 0.579. The van der Waals surface area contributed by atoms with Crippen molar-refractivity contribution >= 4 is 16.9 Å².